The standard InChI is InChI=1S/C23H19Cl2N5.C5H10O2/c24-19-3-4-22(25)15(9-19)1-2-16-11-27-23-21(16)10-17(12-28-23)18-13-29-30(14-18)20-5-7-26-8-6-20;1-5(2,3)7-4-6/h3-4,9-14,20,26H,5-8H2,(H,27,28);4H,1-3H3. The summed E-state index contributed by atoms with van der Waals surface area (Å²) in [7, 11) is 0. The lowest BCUT2D eigenvalue weighted by molar-refractivity contribution is -0.138. The Morgan fingerprint density at radius 2 is 1.84 bits per heavy atom. The number of nitrogens with one attached hydrogen (secondary N) is 2. The van der Waals surface area contributed by atoms with Crippen molar-refractivity contribution in [2.45, 2.75) is 45.3 Å². The molecule has 0 aliphatic carbocycles. The highest BCUT2D eigenvalue weighted by Crippen LogP contribution is 2.27. The van der Waals surface area contributed by atoms with Gasteiger partial charge >= 0.3 is 0 Å². The van der Waals surface area contributed by atoms with E-state index in [2.05, 4.69) is 53.9 Å². The van der Waals surface area contributed by atoms with Crippen molar-refractivity contribution in [2.24, 2.45) is 0 Å². The molecule has 4 aromatic rings. The normalized spacial score (nSPS) is 13.9. The van der Waals surface area contributed by atoms with Crippen molar-refractivity contribution in [3.63, 3.8) is 0 Å². The summed E-state index contributed by atoms with van der Waals surface area (Å²) >= 11 is 12.3. The topological polar surface area (TPSA) is 84.8 Å². The van der Waals surface area contributed by atoms with Gasteiger partial charge in [-0.2, -0.15) is 5.10 Å². The average Bonchev–Trinajstić information content (AvgIpc) is 3.52. The van der Waals surface area contributed by atoms with E-state index in [9.17, 15) is 4.79 Å². The largest absolute Gasteiger partial charge is 0.462 e. The van der Waals surface area contributed by atoms with Gasteiger partial charge in [0.05, 0.1) is 22.8 Å². The first-order valence-corrected chi connectivity index (χ1v) is 12.8. The molecule has 37 heavy (non-hydrogen) atoms. The van der Waals surface area contributed by atoms with E-state index < -0.39 is 0 Å². The van der Waals surface area contributed by atoms with Gasteiger partial charge in [0, 0.05) is 45.7 Å². The van der Waals surface area contributed by atoms with Crippen LogP contribution < -0.4 is 5.32 Å². The summed E-state index contributed by atoms with van der Waals surface area (Å²) in [5, 5.41) is 10.1. The minimum atomic E-state index is -0.318. The molecule has 0 amide bonds. The van der Waals surface area contributed by atoms with Gasteiger partial charge in [0.2, 0.25) is 0 Å². The SMILES string of the molecule is CC(C)(C)OC=O.Clc1ccc(Cl)c(C#Cc2c[nH]c3ncc(-c4cnn(C5CCNCC5)c4)cc23)c1. The molecule has 0 unspecified atom stereocenters. The van der Waals surface area contributed by atoms with E-state index >= 15 is 0 Å². The second-order valence-corrected chi connectivity index (χ2v) is 10.6. The van der Waals surface area contributed by atoms with Crippen LogP contribution in [0.1, 0.15) is 50.8 Å². The van der Waals surface area contributed by atoms with Crippen LogP contribution in [-0.2, 0) is 9.53 Å². The quantitative estimate of drug-likeness (QED) is 0.246. The maximum Gasteiger partial charge on any atom is 0.293 e. The number of rotatable bonds is 3. The third kappa shape index (κ3) is 7.14. The maximum atomic E-state index is 9.60. The van der Waals surface area contributed by atoms with Crippen LogP contribution in [-0.4, -0.2) is 44.9 Å². The summed E-state index contributed by atoms with van der Waals surface area (Å²) in [6.45, 7) is 8.00. The van der Waals surface area contributed by atoms with E-state index in [-0.39, 0.29) is 5.60 Å². The second kappa shape index (κ2) is 11.8. The van der Waals surface area contributed by atoms with Gasteiger partial charge in [-0.25, -0.2) is 4.98 Å². The molecule has 3 aromatic heterocycles. The monoisotopic (exact) mass is 537 g/mol. The number of carbonyl (C=O) groups excluding carboxylic acids is 1. The first-order chi connectivity index (χ1) is 17.7. The van der Waals surface area contributed by atoms with Crippen LogP contribution in [0.4, 0.5) is 0 Å². The molecule has 0 saturated carbocycles. The first-order valence-electron chi connectivity index (χ1n) is 12.0. The van der Waals surface area contributed by atoms with Crippen LogP contribution in [0, 0.1) is 11.8 Å². The molecule has 2 N–H and O–H groups in total. The van der Waals surface area contributed by atoms with Crippen LogP contribution in [0.3, 0.4) is 0 Å². The number of pyridine rings is 1. The molecule has 9 heteroatoms. The number of nitrogens with zero attached hydrogens (tertiary/aromatic N) is 3. The zero-order valence-electron chi connectivity index (χ0n) is 21.0. The number of hydrogen-bond donors (Lipinski definition) is 2. The Morgan fingerprint density at radius 1 is 1.08 bits per heavy atom. The Bertz CT molecular complexity index is 1440. The molecular formula is C28H29Cl2N5O2. The van der Waals surface area contributed by atoms with E-state index in [1.165, 1.54) is 0 Å². The highest BCUT2D eigenvalue weighted by Gasteiger charge is 2.16. The van der Waals surface area contributed by atoms with Crippen molar-refractivity contribution in [3.8, 4) is 23.0 Å². The molecule has 0 atom stereocenters. The Hall–Kier alpha value is -3.31. The summed E-state index contributed by atoms with van der Waals surface area (Å²) in [6.07, 6.45) is 9.96. The van der Waals surface area contributed by atoms with Gasteiger partial charge < -0.3 is 15.0 Å². The van der Waals surface area contributed by atoms with Gasteiger partial charge in [0.1, 0.15) is 11.2 Å². The minimum Gasteiger partial charge on any atom is -0.462 e. The molecule has 0 bridgehead atoms. The van der Waals surface area contributed by atoms with Crippen LogP contribution in [0.5, 0.6) is 0 Å². The molecule has 5 rings (SSSR count). The van der Waals surface area contributed by atoms with Crippen LogP contribution >= 0.6 is 23.2 Å². The lowest BCUT2D eigenvalue weighted by Crippen LogP contribution is -2.29. The van der Waals surface area contributed by atoms with Crippen LogP contribution in [0.15, 0.2) is 49.1 Å². The van der Waals surface area contributed by atoms with E-state index in [4.69, 9.17) is 23.2 Å². The van der Waals surface area contributed by atoms with E-state index in [0.717, 1.165) is 53.7 Å². The number of fused-ring (bicyclic) bond motifs is 1. The van der Waals surface area contributed by atoms with Gasteiger partial charge in [-0.3, -0.25) is 9.48 Å². The molecule has 1 saturated heterocycles. The minimum absolute atomic E-state index is 0.318. The molecule has 4 heterocycles. The number of hydrogen-bond acceptors (Lipinski definition) is 5. The van der Waals surface area contributed by atoms with E-state index in [1.807, 2.05) is 39.4 Å². The zero-order valence-corrected chi connectivity index (χ0v) is 22.5. The smallest absolute Gasteiger partial charge is 0.293 e. The van der Waals surface area contributed by atoms with Crippen LogP contribution in [0.2, 0.25) is 10.0 Å². The molecule has 7 nitrogen and oxygen atoms in total. The van der Waals surface area contributed by atoms with Gasteiger partial charge in [-0.05, 0) is 71.0 Å². The summed E-state index contributed by atoms with van der Waals surface area (Å²) in [6, 6.07) is 7.83. The number of halogens is 2. The Balaban J connectivity index is 0.000000405. The predicted molar refractivity (Wildman–Crippen MR) is 148 cm³/mol. The van der Waals surface area contributed by atoms with Crippen molar-refractivity contribution >= 4 is 40.7 Å². The fourth-order valence-electron chi connectivity index (χ4n) is 3.89. The molecule has 192 valence electrons. The molecule has 0 spiro atoms. The van der Waals surface area contributed by atoms with Crippen LogP contribution in [0.25, 0.3) is 22.2 Å². The lowest BCUT2D eigenvalue weighted by atomic mass is 10.1. The Labute approximate surface area is 226 Å². The van der Waals surface area contributed by atoms with Gasteiger partial charge in [-0.1, -0.05) is 35.0 Å². The lowest BCUT2D eigenvalue weighted by Gasteiger charge is -2.22. The van der Waals surface area contributed by atoms with Gasteiger partial charge in [0.15, 0.2) is 0 Å². The number of aromatic amines is 1. The Kier molecular flexibility index (Phi) is 8.55. The molecule has 1 fully saturated rings. The van der Waals surface area contributed by atoms with Crippen molar-refractivity contribution in [3.05, 3.63) is 70.2 Å². The molecule has 1 aliphatic rings. The second-order valence-electron chi connectivity index (χ2n) is 9.71. The van der Waals surface area contributed by atoms with Crippen molar-refractivity contribution in [2.75, 3.05) is 13.1 Å². The van der Waals surface area contributed by atoms with Crippen molar-refractivity contribution < 1.29 is 9.53 Å². The number of aromatic nitrogens is 4. The highest BCUT2D eigenvalue weighted by atomic mass is 35.5. The molecule has 0 radical (unpaired) electrons. The third-order valence-electron chi connectivity index (χ3n) is 5.81. The van der Waals surface area contributed by atoms with Crippen molar-refractivity contribution in [1.29, 1.82) is 0 Å². The number of benzene rings is 1. The fraction of sp³-hybridized carbons (Fsp3) is 0.321. The highest BCUT2D eigenvalue weighted by molar-refractivity contribution is 6.33. The van der Waals surface area contributed by atoms with Crippen molar-refractivity contribution in [1.82, 2.24) is 25.1 Å². The third-order valence-corrected chi connectivity index (χ3v) is 6.38. The number of ether oxygens (including phenoxy) is 1. The van der Waals surface area contributed by atoms with Gasteiger partial charge in [0.25, 0.3) is 6.47 Å². The number of carbonyl (C=O) groups is 1. The summed E-state index contributed by atoms with van der Waals surface area (Å²) < 4.78 is 6.63. The fourth-order valence-corrected chi connectivity index (χ4v) is 4.23. The molecule has 1 aromatic carbocycles. The first kappa shape index (κ1) is 26.7. The van der Waals surface area contributed by atoms with E-state index in [0.29, 0.717) is 28.1 Å². The summed E-state index contributed by atoms with van der Waals surface area (Å²) in [5.41, 5.74) is 4.12. The van der Waals surface area contributed by atoms with E-state index in [1.54, 1.807) is 18.2 Å². The number of piperidine rings is 1. The average molecular weight is 538 g/mol. The number of H-pyrrole nitrogens is 1. The molecular weight excluding hydrogens is 509 g/mol. The zero-order chi connectivity index (χ0) is 26.4. The summed E-state index contributed by atoms with van der Waals surface area (Å²) in [5.74, 6) is 6.31. The summed E-state index contributed by atoms with van der Waals surface area (Å²) in [4.78, 5) is 17.4. The predicted octanol–water partition coefficient (Wildman–Crippen LogP) is 6.02. The molecule has 1 aliphatic heterocycles. The van der Waals surface area contributed by atoms with Gasteiger partial charge in [-0.15, -0.1) is 0 Å². The Morgan fingerprint density at radius 3 is 2.54 bits per heavy atom. The maximum absolute atomic E-state index is 9.60.